The summed E-state index contributed by atoms with van der Waals surface area (Å²) in [5.41, 5.74) is 1.03. The third-order valence-corrected chi connectivity index (χ3v) is 4.86. The van der Waals surface area contributed by atoms with Gasteiger partial charge in [-0.2, -0.15) is 20.5 Å². The summed E-state index contributed by atoms with van der Waals surface area (Å²) in [5.74, 6) is 0.855. The molecule has 0 spiro atoms. The number of benzene rings is 1. The summed E-state index contributed by atoms with van der Waals surface area (Å²) in [6.45, 7) is -2.76. The molecule has 0 bridgehead atoms. The summed E-state index contributed by atoms with van der Waals surface area (Å²) in [5, 5.41) is 0.824. The van der Waals surface area contributed by atoms with Gasteiger partial charge < -0.3 is 4.74 Å². The zero-order chi connectivity index (χ0) is 14.4. The summed E-state index contributed by atoms with van der Waals surface area (Å²) in [6, 6.07) is 6.77. The molecule has 2 rings (SSSR count). The molecule has 0 amide bonds. The van der Waals surface area contributed by atoms with E-state index in [1.165, 1.54) is 25.7 Å². The first-order valence-electron chi connectivity index (χ1n) is 6.93. The minimum Gasteiger partial charge on any atom is -0.435 e. The Morgan fingerprint density at radius 1 is 1.15 bits per heavy atom. The lowest BCUT2D eigenvalue weighted by molar-refractivity contribution is -0.0498. The maximum Gasteiger partial charge on any atom is 0.387 e. The molecular formula is C16H20F2OS. The molecule has 4 heteroatoms. The molecule has 1 aliphatic carbocycles. The van der Waals surface area contributed by atoms with Gasteiger partial charge in [-0.3, -0.25) is 0 Å². The number of hydrogen-bond donors (Lipinski definition) is 0. The van der Waals surface area contributed by atoms with E-state index in [-0.39, 0.29) is 5.75 Å². The highest BCUT2D eigenvalue weighted by Crippen LogP contribution is 2.31. The van der Waals surface area contributed by atoms with Crippen LogP contribution in [0.1, 0.15) is 31.2 Å². The average Bonchev–Trinajstić information content (AvgIpc) is 2.46. The van der Waals surface area contributed by atoms with Crippen LogP contribution in [-0.4, -0.2) is 18.1 Å². The predicted octanol–water partition coefficient (Wildman–Crippen LogP) is 5.22. The van der Waals surface area contributed by atoms with Crippen LogP contribution in [0.15, 0.2) is 30.3 Å². The van der Waals surface area contributed by atoms with Crippen LogP contribution in [0.25, 0.3) is 6.08 Å². The Kier molecular flexibility index (Phi) is 5.89. The number of alkyl halides is 2. The van der Waals surface area contributed by atoms with Crippen LogP contribution in [0.3, 0.4) is 0 Å². The van der Waals surface area contributed by atoms with E-state index in [1.807, 2.05) is 23.9 Å². The van der Waals surface area contributed by atoms with Crippen molar-refractivity contribution in [2.45, 2.75) is 37.5 Å². The molecule has 1 fully saturated rings. The van der Waals surface area contributed by atoms with Crippen LogP contribution in [-0.2, 0) is 0 Å². The SMILES string of the molecule is CSC1CCC(/C=C/c2ccc(OC(F)F)cc2)CC1. The van der Waals surface area contributed by atoms with Gasteiger partial charge in [0.25, 0.3) is 0 Å². The van der Waals surface area contributed by atoms with E-state index in [0.717, 1.165) is 10.8 Å². The van der Waals surface area contributed by atoms with Gasteiger partial charge in [0.15, 0.2) is 0 Å². The maximum absolute atomic E-state index is 12.0. The number of ether oxygens (including phenoxy) is 1. The first-order chi connectivity index (χ1) is 9.67. The molecule has 0 unspecified atom stereocenters. The molecule has 0 radical (unpaired) electrons. The average molecular weight is 298 g/mol. The van der Waals surface area contributed by atoms with Crippen molar-refractivity contribution in [2.75, 3.05) is 6.26 Å². The number of rotatable bonds is 5. The van der Waals surface area contributed by atoms with Gasteiger partial charge in [0.1, 0.15) is 5.75 Å². The van der Waals surface area contributed by atoms with Gasteiger partial charge in [0.05, 0.1) is 0 Å². The molecule has 20 heavy (non-hydrogen) atoms. The highest BCUT2D eigenvalue weighted by molar-refractivity contribution is 7.99. The second-order valence-corrected chi connectivity index (χ2v) is 6.22. The van der Waals surface area contributed by atoms with E-state index in [4.69, 9.17) is 0 Å². The minimum absolute atomic E-state index is 0.206. The summed E-state index contributed by atoms with van der Waals surface area (Å²) in [7, 11) is 0. The van der Waals surface area contributed by atoms with Gasteiger partial charge in [-0.05, 0) is 55.6 Å². The zero-order valence-corrected chi connectivity index (χ0v) is 12.4. The summed E-state index contributed by atoms with van der Waals surface area (Å²) in [4.78, 5) is 0. The largest absolute Gasteiger partial charge is 0.435 e. The number of hydrogen-bond acceptors (Lipinski definition) is 2. The molecule has 0 aliphatic heterocycles. The maximum atomic E-state index is 12.0. The van der Waals surface area contributed by atoms with Gasteiger partial charge >= 0.3 is 6.61 Å². The number of thioether (sulfide) groups is 1. The van der Waals surface area contributed by atoms with Gasteiger partial charge in [0, 0.05) is 5.25 Å². The molecule has 0 saturated heterocycles. The fraction of sp³-hybridized carbons (Fsp3) is 0.500. The molecule has 0 N–H and O–H groups in total. The Morgan fingerprint density at radius 3 is 2.35 bits per heavy atom. The van der Waals surface area contributed by atoms with E-state index < -0.39 is 6.61 Å². The normalized spacial score (nSPS) is 23.4. The highest BCUT2D eigenvalue weighted by Gasteiger charge is 2.18. The Labute approximate surface area is 123 Å². The van der Waals surface area contributed by atoms with Crippen molar-refractivity contribution < 1.29 is 13.5 Å². The third kappa shape index (κ3) is 4.82. The standard InChI is InChI=1S/C16H20F2OS/c1-20-15-10-6-13(7-11-15)3-2-12-4-8-14(9-5-12)19-16(17)18/h2-5,8-9,13,15-16H,6-7,10-11H2,1H3/b3-2+. The van der Waals surface area contributed by atoms with E-state index in [1.54, 1.807) is 12.1 Å². The van der Waals surface area contributed by atoms with Crippen molar-refractivity contribution in [2.24, 2.45) is 5.92 Å². The van der Waals surface area contributed by atoms with E-state index in [9.17, 15) is 8.78 Å². The van der Waals surface area contributed by atoms with Crippen molar-refractivity contribution in [3.05, 3.63) is 35.9 Å². The van der Waals surface area contributed by atoms with Crippen LogP contribution in [0.2, 0.25) is 0 Å². The quantitative estimate of drug-likeness (QED) is 0.736. The molecule has 0 atom stereocenters. The Morgan fingerprint density at radius 2 is 1.80 bits per heavy atom. The fourth-order valence-electron chi connectivity index (χ4n) is 2.52. The van der Waals surface area contributed by atoms with E-state index in [2.05, 4.69) is 23.1 Å². The topological polar surface area (TPSA) is 9.23 Å². The molecule has 1 aromatic rings. The molecule has 0 heterocycles. The third-order valence-electron chi connectivity index (χ3n) is 3.72. The lowest BCUT2D eigenvalue weighted by Gasteiger charge is -2.25. The van der Waals surface area contributed by atoms with Crippen molar-refractivity contribution in [1.82, 2.24) is 0 Å². The van der Waals surface area contributed by atoms with E-state index in [0.29, 0.717) is 5.92 Å². The smallest absolute Gasteiger partial charge is 0.387 e. The zero-order valence-electron chi connectivity index (χ0n) is 11.6. The van der Waals surface area contributed by atoms with Crippen LogP contribution in [0.4, 0.5) is 8.78 Å². The molecule has 1 aliphatic rings. The van der Waals surface area contributed by atoms with Crippen LogP contribution < -0.4 is 4.74 Å². The lowest BCUT2D eigenvalue weighted by atomic mass is 9.88. The molecule has 0 aromatic heterocycles. The molecule has 110 valence electrons. The molecule has 1 nitrogen and oxygen atoms in total. The van der Waals surface area contributed by atoms with Crippen LogP contribution >= 0.6 is 11.8 Å². The van der Waals surface area contributed by atoms with Crippen molar-refractivity contribution >= 4 is 17.8 Å². The second kappa shape index (κ2) is 7.67. The summed E-state index contributed by atoms with van der Waals surface area (Å²) in [6.07, 6.45) is 11.6. The van der Waals surface area contributed by atoms with Gasteiger partial charge in [-0.25, -0.2) is 0 Å². The second-order valence-electron chi connectivity index (χ2n) is 5.08. The Hall–Kier alpha value is -1.03. The van der Waals surface area contributed by atoms with Crippen molar-refractivity contribution in [3.8, 4) is 5.75 Å². The Balaban J connectivity index is 1.85. The number of allylic oxidation sites excluding steroid dienone is 1. The number of halogens is 2. The van der Waals surface area contributed by atoms with Crippen molar-refractivity contribution in [1.29, 1.82) is 0 Å². The van der Waals surface area contributed by atoms with Gasteiger partial charge in [0.2, 0.25) is 0 Å². The van der Waals surface area contributed by atoms with Crippen LogP contribution in [0, 0.1) is 5.92 Å². The Bertz CT molecular complexity index is 423. The highest BCUT2D eigenvalue weighted by atomic mass is 32.2. The summed E-state index contributed by atoms with van der Waals surface area (Å²) < 4.78 is 28.4. The predicted molar refractivity (Wildman–Crippen MR) is 81.4 cm³/mol. The minimum atomic E-state index is -2.76. The molecular weight excluding hydrogens is 278 g/mol. The lowest BCUT2D eigenvalue weighted by Crippen LogP contribution is -2.14. The van der Waals surface area contributed by atoms with Crippen molar-refractivity contribution in [3.63, 3.8) is 0 Å². The monoisotopic (exact) mass is 298 g/mol. The van der Waals surface area contributed by atoms with E-state index >= 15 is 0 Å². The van der Waals surface area contributed by atoms with Crippen LogP contribution in [0.5, 0.6) is 5.75 Å². The molecule has 1 saturated carbocycles. The first kappa shape index (κ1) is 15.4. The van der Waals surface area contributed by atoms with Gasteiger partial charge in [-0.1, -0.05) is 24.3 Å². The van der Waals surface area contributed by atoms with Gasteiger partial charge in [-0.15, -0.1) is 0 Å². The summed E-state index contributed by atoms with van der Waals surface area (Å²) >= 11 is 1.97. The molecule has 1 aromatic carbocycles. The fourth-order valence-corrected chi connectivity index (χ4v) is 3.27. The first-order valence-corrected chi connectivity index (χ1v) is 8.22.